The molecule has 0 bridgehead atoms. The summed E-state index contributed by atoms with van der Waals surface area (Å²) in [5.41, 5.74) is 2.44. The summed E-state index contributed by atoms with van der Waals surface area (Å²) in [5, 5.41) is 17.5. The van der Waals surface area contributed by atoms with Crippen LogP contribution in [0.3, 0.4) is 0 Å². The van der Waals surface area contributed by atoms with Gasteiger partial charge in [0.25, 0.3) is 5.91 Å². The number of aromatic nitrogens is 2. The molecule has 3 aromatic rings. The number of nitrogens with zero attached hydrogens (tertiary/aromatic N) is 2. The van der Waals surface area contributed by atoms with E-state index in [9.17, 15) is 9.90 Å². The summed E-state index contributed by atoms with van der Waals surface area (Å²) < 4.78 is 0. The number of benzene rings is 1. The summed E-state index contributed by atoms with van der Waals surface area (Å²) in [6, 6.07) is 13.9. The molecule has 1 aliphatic rings. The first kappa shape index (κ1) is 20.9. The summed E-state index contributed by atoms with van der Waals surface area (Å²) in [7, 11) is 0. The highest BCUT2D eigenvalue weighted by molar-refractivity contribution is 5.96. The van der Waals surface area contributed by atoms with Crippen LogP contribution in [0.5, 0.6) is 5.88 Å². The van der Waals surface area contributed by atoms with Crippen molar-refractivity contribution in [2.75, 3.05) is 5.32 Å². The maximum absolute atomic E-state index is 12.3. The Bertz CT molecular complexity index is 1000. The summed E-state index contributed by atoms with van der Waals surface area (Å²) in [4.78, 5) is 20.8. The lowest BCUT2D eigenvalue weighted by Crippen LogP contribution is -2.40. The highest BCUT2D eigenvalue weighted by atomic mass is 35.5. The molecule has 1 fully saturated rings. The van der Waals surface area contributed by atoms with E-state index in [0.29, 0.717) is 6.04 Å². The molecule has 29 heavy (non-hydrogen) atoms. The van der Waals surface area contributed by atoms with Crippen molar-refractivity contribution in [3.05, 3.63) is 59.8 Å². The van der Waals surface area contributed by atoms with Crippen LogP contribution < -0.4 is 10.6 Å². The molecule has 1 aromatic carbocycles. The van der Waals surface area contributed by atoms with Crippen molar-refractivity contribution in [1.82, 2.24) is 15.3 Å². The summed E-state index contributed by atoms with van der Waals surface area (Å²) in [6.45, 7) is 2.11. The third-order valence-electron chi connectivity index (χ3n) is 5.37. The van der Waals surface area contributed by atoms with Gasteiger partial charge >= 0.3 is 0 Å². The minimum Gasteiger partial charge on any atom is -0.493 e. The molecule has 1 amide bonds. The smallest absolute Gasteiger partial charge is 0.256 e. The highest BCUT2D eigenvalue weighted by Gasteiger charge is 2.24. The van der Waals surface area contributed by atoms with E-state index < -0.39 is 0 Å². The molecule has 2 heterocycles. The summed E-state index contributed by atoms with van der Waals surface area (Å²) in [5.74, 6) is 0.408. The van der Waals surface area contributed by atoms with E-state index in [1.54, 1.807) is 12.1 Å². The molecule has 0 spiro atoms. The van der Waals surface area contributed by atoms with Crippen molar-refractivity contribution >= 4 is 35.0 Å². The molecule has 0 saturated heterocycles. The highest BCUT2D eigenvalue weighted by Crippen LogP contribution is 2.25. The average molecular weight is 413 g/mol. The summed E-state index contributed by atoms with van der Waals surface area (Å²) in [6.07, 6.45) is 5.15. The number of carbonyl (C=O) groups is 1. The number of anilines is 1. The normalized spacial score (nSPS) is 18.7. The van der Waals surface area contributed by atoms with Crippen molar-refractivity contribution in [1.29, 1.82) is 0 Å². The summed E-state index contributed by atoms with van der Waals surface area (Å²) >= 11 is 0. The quantitative estimate of drug-likeness (QED) is 0.597. The number of fused-ring (bicyclic) bond motifs is 1. The van der Waals surface area contributed by atoms with Crippen LogP contribution in [0.15, 0.2) is 48.7 Å². The van der Waals surface area contributed by atoms with Gasteiger partial charge < -0.3 is 15.7 Å². The number of aryl methyl sites for hydroxylation is 1. The van der Waals surface area contributed by atoms with Crippen molar-refractivity contribution in [2.24, 2.45) is 0 Å². The number of carbonyl (C=O) groups excluding carboxylic acids is 1. The molecule has 0 aliphatic heterocycles. The Balaban J connectivity index is 0.00000240. The van der Waals surface area contributed by atoms with Crippen molar-refractivity contribution < 1.29 is 9.90 Å². The Morgan fingerprint density at radius 1 is 1.07 bits per heavy atom. The van der Waals surface area contributed by atoms with Crippen molar-refractivity contribution in [3.63, 3.8) is 0 Å². The largest absolute Gasteiger partial charge is 0.493 e. The molecule has 0 atom stereocenters. The fraction of sp³-hybridized carbons (Fsp3) is 0.318. The van der Waals surface area contributed by atoms with Gasteiger partial charge in [-0.1, -0.05) is 18.2 Å². The minimum absolute atomic E-state index is 0. The van der Waals surface area contributed by atoms with Crippen LogP contribution in [-0.4, -0.2) is 33.1 Å². The fourth-order valence-corrected chi connectivity index (χ4v) is 3.85. The number of hydrogen-bond donors (Lipinski definition) is 3. The Morgan fingerprint density at radius 2 is 1.79 bits per heavy atom. The van der Waals surface area contributed by atoms with Crippen LogP contribution in [0.25, 0.3) is 10.9 Å². The second-order valence-corrected chi connectivity index (χ2v) is 7.38. The van der Waals surface area contributed by atoms with Crippen LogP contribution >= 0.6 is 12.4 Å². The van der Waals surface area contributed by atoms with Gasteiger partial charge in [0.15, 0.2) is 0 Å². The first-order valence-electron chi connectivity index (χ1n) is 9.68. The Hall–Kier alpha value is -2.86. The molecular weight excluding hydrogens is 388 g/mol. The number of amides is 1. The number of halogens is 1. The molecule has 3 N–H and O–H groups in total. The molecule has 0 radical (unpaired) electrons. The topological polar surface area (TPSA) is 87.1 Å². The number of para-hydroxylation sites is 1. The van der Waals surface area contributed by atoms with Crippen LogP contribution in [-0.2, 0) is 0 Å². The lowest BCUT2D eigenvalue weighted by molar-refractivity contribution is 0.0923. The Morgan fingerprint density at radius 3 is 2.55 bits per heavy atom. The van der Waals surface area contributed by atoms with Gasteiger partial charge in [0.1, 0.15) is 11.4 Å². The van der Waals surface area contributed by atoms with Gasteiger partial charge in [0.2, 0.25) is 5.88 Å². The van der Waals surface area contributed by atoms with Crippen LogP contribution in [0, 0.1) is 6.92 Å². The number of hydrogen-bond acceptors (Lipinski definition) is 5. The van der Waals surface area contributed by atoms with E-state index in [4.69, 9.17) is 4.98 Å². The SMILES string of the molecule is Cc1cc(NC2CCC(NC(=O)c3cccnc3O)CC2)nc2ccccc12.Cl. The van der Waals surface area contributed by atoms with Crippen molar-refractivity contribution in [2.45, 2.75) is 44.7 Å². The standard InChI is InChI=1S/C22H24N4O2.ClH/c1-14-13-20(26-19-7-3-2-5-17(14)19)24-15-8-10-16(11-9-15)25-22(28)18-6-4-12-23-21(18)27;/h2-7,12-13,15-16H,8-11H2,1H3,(H,23,27)(H,24,26)(H,25,28);1H. The second-order valence-electron chi connectivity index (χ2n) is 7.38. The van der Waals surface area contributed by atoms with Crippen LogP contribution in [0.4, 0.5) is 5.82 Å². The molecular formula is C22H25ClN4O2. The van der Waals surface area contributed by atoms with E-state index in [2.05, 4.69) is 34.7 Å². The molecule has 6 nitrogen and oxygen atoms in total. The van der Waals surface area contributed by atoms with Crippen LogP contribution in [0.2, 0.25) is 0 Å². The first-order chi connectivity index (χ1) is 13.6. The van der Waals surface area contributed by atoms with Gasteiger partial charge in [-0.15, -0.1) is 12.4 Å². The maximum atomic E-state index is 12.3. The lowest BCUT2D eigenvalue weighted by atomic mass is 9.91. The van der Waals surface area contributed by atoms with Crippen LogP contribution in [0.1, 0.15) is 41.6 Å². The third-order valence-corrected chi connectivity index (χ3v) is 5.37. The van der Waals surface area contributed by atoms with E-state index in [1.807, 2.05) is 18.2 Å². The van der Waals surface area contributed by atoms with E-state index >= 15 is 0 Å². The van der Waals surface area contributed by atoms with Crippen molar-refractivity contribution in [3.8, 4) is 5.88 Å². The van der Waals surface area contributed by atoms with E-state index in [0.717, 1.165) is 37.0 Å². The number of rotatable bonds is 4. The zero-order valence-electron chi connectivity index (χ0n) is 16.3. The fourth-order valence-electron chi connectivity index (χ4n) is 3.85. The number of aromatic hydroxyl groups is 1. The van der Waals surface area contributed by atoms with Gasteiger partial charge in [-0.25, -0.2) is 9.97 Å². The first-order valence-corrected chi connectivity index (χ1v) is 9.68. The molecule has 4 rings (SSSR count). The molecule has 7 heteroatoms. The lowest BCUT2D eigenvalue weighted by Gasteiger charge is -2.30. The number of nitrogens with one attached hydrogen (secondary N) is 2. The third kappa shape index (κ3) is 4.77. The zero-order valence-corrected chi connectivity index (χ0v) is 17.1. The van der Waals surface area contributed by atoms with Gasteiger partial charge in [0.05, 0.1) is 5.52 Å². The molecule has 1 saturated carbocycles. The number of pyridine rings is 2. The van der Waals surface area contributed by atoms with Gasteiger partial charge in [-0.3, -0.25) is 4.79 Å². The van der Waals surface area contributed by atoms with Gasteiger partial charge in [-0.2, -0.15) is 0 Å². The molecule has 0 unspecified atom stereocenters. The minimum atomic E-state index is -0.270. The Kier molecular flexibility index (Phi) is 6.54. The Labute approximate surface area is 176 Å². The second kappa shape index (κ2) is 9.09. The van der Waals surface area contributed by atoms with E-state index in [-0.39, 0.29) is 35.8 Å². The van der Waals surface area contributed by atoms with Gasteiger partial charge in [0, 0.05) is 23.7 Å². The molecule has 1 aliphatic carbocycles. The molecule has 2 aromatic heterocycles. The van der Waals surface area contributed by atoms with Gasteiger partial charge in [-0.05, 0) is 62.4 Å². The zero-order chi connectivity index (χ0) is 19.5. The molecule has 152 valence electrons. The maximum Gasteiger partial charge on any atom is 0.256 e. The van der Waals surface area contributed by atoms with E-state index in [1.165, 1.54) is 17.1 Å². The predicted molar refractivity (Wildman–Crippen MR) is 117 cm³/mol. The monoisotopic (exact) mass is 412 g/mol. The average Bonchev–Trinajstić information content (AvgIpc) is 2.70. The predicted octanol–water partition coefficient (Wildman–Crippen LogP) is 4.22.